The Morgan fingerprint density at radius 1 is 1.05 bits per heavy atom. The van der Waals surface area contributed by atoms with Crippen LogP contribution in [0.15, 0.2) is 89.0 Å². The maximum atomic E-state index is 12.8. The van der Waals surface area contributed by atoms with E-state index in [9.17, 15) is 9.59 Å². The second kappa shape index (κ2) is 10.6. The molecule has 0 bridgehead atoms. The van der Waals surface area contributed by atoms with E-state index in [0.29, 0.717) is 11.6 Å². The zero-order valence-electron chi connectivity index (χ0n) is 21.1. The van der Waals surface area contributed by atoms with Crippen molar-refractivity contribution in [1.82, 2.24) is 5.01 Å². The quantitative estimate of drug-likeness (QED) is 0.490. The number of hydrogen-bond donors (Lipinski definition) is 1. The van der Waals surface area contributed by atoms with E-state index >= 15 is 0 Å². The first kappa shape index (κ1) is 24.8. The number of carbonyl (C=O) groups excluding carboxylic acids is 2. The van der Waals surface area contributed by atoms with Crippen LogP contribution in [0.25, 0.3) is 0 Å². The summed E-state index contributed by atoms with van der Waals surface area (Å²) in [7, 11) is 4.02. The summed E-state index contributed by atoms with van der Waals surface area (Å²) in [6, 6.07) is 25.9. The number of carbonyl (C=O) groups is 2. The lowest BCUT2D eigenvalue weighted by molar-refractivity contribution is -0.121. The van der Waals surface area contributed by atoms with Crippen molar-refractivity contribution in [3.63, 3.8) is 0 Å². The van der Waals surface area contributed by atoms with Gasteiger partial charge in [-0.1, -0.05) is 66.4 Å². The maximum Gasteiger partial charge on any atom is 0.262 e. The molecule has 8 heteroatoms. The van der Waals surface area contributed by atoms with Gasteiger partial charge in [-0.3, -0.25) is 9.59 Å². The number of rotatable bonds is 6. The molecule has 7 nitrogen and oxygen atoms in total. The van der Waals surface area contributed by atoms with Gasteiger partial charge in [-0.25, -0.2) is 5.01 Å². The van der Waals surface area contributed by atoms with Crippen LogP contribution < -0.4 is 10.2 Å². The van der Waals surface area contributed by atoms with Gasteiger partial charge in [0.15, 0.2) is 5.17 Å². The van der Waals surface area contributed by atoms with Crippen molar-refractivity contribution in [2.75, 3.05) is 24.3 Å². The molecular weight excluding hydrogens is 482 g/mol. The van der Waals surface area contributed by atoms with Crippen LogP contribution in [-0.4, -0.2) is 47.0 Å². The average molecular weight is 512 g/mol. The predicted molar refractivity (Wildman–Crippen MR) is 151 cm³/mol. The molecule has 3 aromatic carbocycles. The van der Waals surface area contributed by atoms with Crippen molar-refractivity contribution in [2.24, 2.45) is 10.1 Å². The summed E-state index contributed by atoms with van der Waals surface area (Å²) in [6.45, 7) is 1.97. The van der Waals surface area contributed by atoms with Crippen LogP contribution in [0, 0.1) is 6.92 Å². The van der Waals surface area contributed by atoms with Crippen molar-refractivity contribution in [3.05, 3.63) is 95.6 Å². The number of benzene rings is 3. The van der Waals surface area contributed by atoms with Crippen molar-refractivity contribution in [1.29, 1.82) is 0 Å². The summed E-state index contributed by atoms with van der Waals surface area (Å²) >= 11 is 1.31. The molecule has 0 saturated carbocycles. The lowest BCUT2D eigenvalue weighted by atomic mass is 9.98. The SMILES string of the molecule is Cc1cccc(NC(=O)CC2SC(N3N=C(c4ccccc4)CC3c3ccc(N(C)C)cc3)=NC2=O)c1. The third-order valence-electron chi connectivity index (χ3n) is 6.41. The Morgan fingerprint density at radius 3 is 2.51 bits per heavy atom. The average Bonchev–Trinajstić information content (AvgIpc) is 3.48. The van der Waals surface area contributed by atoms with Crippen LogP contribution >= 0.6 is 11.8 Å². The number of amides is 2. The van der Waals surface area contributed by atoms with Gasteiger partial charge < -0.3 is 10.2 Å². The minimum absolute atomic E-state index is 0.0513. The standard InChI is InChI=1S/C29H29N5O2S/c1-19-8-7-11-22(16-19)30-27(35)18-26-28(36)31-29(37-26)34-25(21-12-14-23(15-13-21)33(2)3)17-24(32-34)20-9-5-4-6-10-20/h4-16,25-26H,17-18H2,1-3H3,(H,30,35). The van der Waals surface area contributed by atoms with Crippen LogP contribution in [0.2, 0.25) is 0 Å². The van der Waals surface area contributed by atoms with E-state index < -0.39 is 5.25 Å². The zero-order valence-corrected chi connectivity index (χ0v) is 21.9. The van der Waals surface area contributed by atoms with Crippen LogP contribution in [0.4, 0.5) is 11.4 Å². The fourth-order valence-electron chi connectivity index (χ4n) is 4.45. The summed E-state index contributed by atoms with van der Waals surface area (Å²) in [6.07, 6.45) is 0.743. The highest BCUT2D eigenvalue weighted by molar-refractivity contribution is 8.15. The number of hydrazone groups is 1. The van der Waals surface area contributed by atoms with Crippen molar-refractivity contribution < 1.29 is 9.59 Å². The number of aliphatic imine (C=N–C) groups is 1. The molecular formula is C29H29N5O2S. The van der Waals surface area contributed by atoms with Gasteiger partial charge in [0.25, 0.3) is 5.91 Å². The van der Waals surface area contributed by atoms with Gasteiger partial charge in [-0.2, -0.15) is 10.1 Å². The van der Waals surface area contributed by atoms with Gasteiger partial charge in [-0.15, -0.1) is 0 Å². The molecule has 0 aromatic heterocycles. The second-order valence-electron chi connectivity index (χ2n) is 9.42. The fourth-order valence-corrected chi connectivity index (χ4v) is 5.52. The summed E-state index contributed by atoms with van der Waals surface area (Å²) in [5.74, 6) is -0.511. The number of nitrogens with zero attached hydrogens (tertiary/aromatic N) is 4. The van der Waals surface area contributed by atoms with E-state index in [1.807, 2.05) is 80.6 Å². The molecule has 2 heterocycles. The van der Waals surface area contributed by atoms with Gasteiger partial charge in [-0.05, 0) is 47.9 Å². The third-order valence-corrected chi connectivity index (χ3v) is 7.55. The highest BCUT2D eigenvalue weighted by atomic mass is 32.2. The molecule has 2 atom stereocenters. The second-order valence-corrected chi connectivity index (χ2v) is 10.6. The molecule has 0 spiro atoms. The molecule has 2 unspecified atom stereocenters. The molecule has 5 rings (SSSR count). The molecule has 2 aliphatic rings. The number of thioether (sulfide) groups is 1. The van der Waals surface area contributed by atoms with E-state index in [-0.39, 0.29) is 24.3 Å². The monoisotopic (exact) mass is 511 g/mol. The molecule has 0 radical (unpaired) electrons. The van der Waals surface area contributed by atoms with Gasteiger partial charge in [0.2, 0.25) is 5.91 Å². The van der Waals surface area contributed by atoms with E-state index in [1.165, 1.54) is 11.8 Å². The maximum absolute atomic E-state index is 12.8. The molecule has 2 aliphatic heterocycles. The van der Waals surface area contributed by atoms with Crippen LogP contribution in [0.1, 0.15) is 35.6 Å². The molecule has 0 saturated heterocycles. The normalized spacial score (nSPS) is 19.0. The first-order valence-corrected chi connectivity index (χ1v) is 13.1. The van der Waals surface area contributed by atoms with Crippen LogP contribution in [0.3, 0.4) is 0 Å². The lowest BCUT2D eigenvalue weighted by Gasteiger charge is -2.24. The first-order valence-electron chi connectivity index (χ1n) is 12.2. The Balaban J connectivity index is 1.35. The molecule has 188 valence electrons. The van der Waals surface area contributed by atoms with E-state index in [2.05, 4.69) is 39.5 Å². The Bertz CT molecular complexity index is 1370. The minimum atomic E-state index is -0.576. The minimum Gasteiger partial charge on any atom is -0.378 e. The van der Waals surface area contributed by atoms with E-state index in [0.717, 1.165) is 33.8 Å². The number of hydrogen-bond acceptors (Lipinski definition) is 6. The van der Waals surface area contributed by atoms with Crippen molar-refractivity contribution >= 4 is 45.8 Å². The molecule has 37 heavy (non-hydrogen) atoms. The molecule has 3 aromatic rings. The molecule has 1 N–H and O–H groups in total. The summed E-state index contributed by atoms with van der Waals surface area (Å²) in [5.41, 5.74) is 5.97. The Kier molecular flexibility index (Phi) is 7.10. The topological polar surface area (TPSA) is 77.4 Å². The van der Waals surface area contributed by atoms with E-state index in [4.69, 9.17) is 5.10 Å². The highest BCUT2D eigenvalue weighted by Gasteiger charge is 2.39. The Labute approximate surface area is 221 Å². The number of anilines is 2. The van der Waals surface area contributed by atoms with Gasteiger partial charge in [0, 0.05) is 38.3 Å². The largest absolute Gasteiger partial charge is 0.378 e. The summed E-state index contributed by atoms with van der Waals surface area (Å²) in [5, 5.41) is 9.62. The smallest absolute Gasteiger partial charge is 0.262 e. The van der Waals surface area contributed by atoms with E-state index in [1.54, 1.807) is 0 Å². The fraction of sp³-hybridized carbons (Fsp3) is 0.241. The first-order chi connectivity index (χ1) is 17.9. The van der Waals surface area contributed by atoms with Gasteiger partial charge >= 0.3 is 0 Å². The molecule has 0 aliphatic carbocycles. The number of nitrogens with one attached hydrogen (secondary N) is 1. The molecule has 0 fully saturated rings. The highest BCUT2D eigenvalue weighted by Crippen LogP contribution is 2.39. The van der Waals surface area contributed by atoms with Crippen molar-refractivity contribution in [2.45, 2.75) is 31.1 Å². The lowest BCUT2D eigenvalue weighted by Crippen LogP contribution is -2.25. The van der Waals surface area contributed by atoms with Crippen LogP contribution in [-0.2, 0) is 9.59 Å². The Morgan fingerprint density at radius 2 is 1.81 bits per heavy atom. The summed E-state index contributed by atoms with van der Waals surface area (Å²) < 4.78 is 0. The molecule has 2 amide bonds. The number of aryl methyl sites for hydroxylation is 1. The van der Waals surface area contributed by atoms with Crippen molar-refractivity contribution in [3.8, 4) is 0 Å². The zero-order chi connectivity index (χ0) is 25.9. The third kappa shape index (κ3) is 5.59. The van der Waals surface area contributed by atoms with Gasteiger partial charge in [0.05, 0.1) is 11.8 Å². The number of amidine groups is 1. The predicted octanol–water partition coefficient (Wildman–Crippen LogP) is 5.24. The summed E-state index contributed by atoms with van der Waals surface area (Å²) in [4.78, 5) is 31.9. The Hall–Kier alpha value is -3.91. The van der Waals surface area contributed by atoms with Crippen LogP contribution in [0.5, 0.6) is 0 Å². The van der Waals surface area contributed by atoms with Gasteiger partial charge in [0.1, 0.15) is 5.25 Å².